The molecule has 3 amide bonds. The van der Waals surface area contributed by atoms with Crippen LogP contribution in [0.15, 0.2) is 193 Å². The number of carbonyl (C=O) groups excluding carboxylic acids is 3. The average Bonchev–Trinajstić information content (AvgIpc) is 1.73. The van der Waals surface area contributed by atoms with E-state index in [9.17, 15) is 83.5 Å². The monoisotopic (exact) mass is 1760 g/mol. The van der Waals surface area contributed by atoms with Gasteiger partial charge in [-0.3, -0.25) is 44.7 Å². The van der Waals surface area contributed by atoms with E-state index in [2.05, 4.69) is 61.7 Å². The summed E-state index contributed by atoms with van der Waals surface area (Å²) >= 11 is 3.29. The van der Waals surface area contributed by atoms with Crippen LogP contribution in [0.4, 0.5) is 34.1 Å². The number of rotatable bonds is 31. The van der Waals surface area contributed by atoms with Gasteiger partial charge in [0, 0.05) is 149 Å². The summed E-state index contributed by atoms with van der Waals surface area (Å²) in [4.78, 5) is 70.5. The molecule has 0 spiro atoms. The van der Waals surface area contributed by atoms with E-state index in [0.717, 1.165) is 83.1 Å². The van der Waals surface area contributed by atoms with Crippen molar-refractivity contribution in [2.45, 2.75) is 165 Å². The first-order valence-electron chi connectivity index (χ1n) is 39.1. The zero-order valence-electron chi connectivity index (χ0n) is 65.5. The third-order valence-corrected chi connectivity index (χ3v) is 32.6. The van der Waals surface area contributed by atoms with Gasteiger partial charge in [-0.15, -0.1) is 34.0 Å². The van der Waals surface area contributed by atoms with E-state index in [1.54, 1.807) is 60.7 Å². The van der Waals surface area contributed by atoms with Gasteiger partial charge in [0.15, 0.2) is 0 Å². The summed E-state index contributed by atoms with van der Waals surface area (Å²) in [6.45, 7) is 7.06. The molecule has 4 fully saturated rings. The van der Waals surface area contributed by atoms with E-state index in [1.807, 2.05) is 25.1 Å². The van der Waals surface area contributed by atoms with Crippen molar-refractivity contribution in [2.24, 2.45) is 0 Å². The maximum atomic E-state index is 13.3. The lowest BCUT2D eigenvalue weighted by Crippen LogP contribution is -2.42. The second-order valence-electron chi connectivity index (χ2n) is 29.0. The number of hydrogen-bond donors (Lipinski definition) is 8. The fourth-order valence-corrected chi connectivity index (χ4v) is 24.0. The number of nitro groups is 3. The molecule has 13 rings (SSSR count). The topological polar surface area (TPSA) is 431 Å². The molecule has 0 unspecified atom stereocenters. The highest BCUT2D eigenvalue weighted by atomic mass is 32.3. The number of aryl methyl sites for hydroxylation is 1. The normalized spacial score (nSPS) is 15.7. The number of nitrogens with zero attached hydrogens (tertiary/aromatic N) is 6. The number of unbranched alkanes of at least 4 members (excludes halogenated alkanes) is 1. The molecule has 3 aromatic heterocycles. The van der Waals surface area contributed by atoms with Gasteiger partial charge in [-0.2, -0.15) is 12.9 Å². The lowest BCUT2D eigenvalue weighted by atomic mass is 9.83. The number of sulfonamides is 4. The summed E-state index contributed by atoms with van der Waals surface area (Å²) in [5, 5.41) is 61.7. The van der Waals surface area contributed by atoms with E-state index in [-0.39, 0.29) is 89.0 Å². The van der Waals surface area contributed by atoms with Crippen LogP contribution in [-0.4, -0.2) is 148 Å². The van der Waals surface area contributed by atoms with Crippen molar-refractivity contribution in [1.82, 2.24) is 33.6 Å². The molecule has 8 N–H and O–H groups in total. The molecule has 0 bridgehead atoms. The van der Waals surface area contributed by atoms with Crippen LogP contribution in [0.1, 0.15) is 160 Å². The zero-order valence-corrected chi connectivity index (χ0v) is 71.2. The Morgan fingerprint density at radius 3 is 1.18 bits per heavy atom. The minimum atomic E-state index is -3.73. The summed E-state index contributed by atoms with van der Waals surface area (Å²) in [6.07, 6.45) is 12.3. The molecule has 1 saturated carbocycles. The van der Waals surface area contributed by atoms with Crippen LogP contribution in [0.2, 0.25) is 0 Å². The zero-order chi connectivity index (χ0) is 85.0. The van der Waals surface area contributed by atoms with Crippen molar-refractivity contribution in [3.8, 4) is 5.75 Å². The Kier molecular flexibility index (Phi) is 31.1. The van der Waals surface area contributed by atoms with Crippen molar-refractivity contribution in [1.29, 1.82) is 0 Å². The van der Waals surface area contributed by atoms with Gasteiger partial charge in [0.2, 0.25) is 10.0 Å². The largest absolute Gasteiger partial charge is 0.508 e. The Hall–Kier alpha value is -10.1. The number of nitro benzene ring substituents is 3. The first kappa shape index (κ1) is 89.7. The van der Waals surface area contributed by atoms with E-state index in [4.69, 9.17) is 0 Å². The SMILES string of the molecule is CCCCNS(=O)(=O)c1cccc(NC2CCN(S(=O)(=O)c3ccc(CNC(=O)c4cccc([N+](=O)[O-])c4)s3)CC2)c1.CCc1cccc(NC2CCN(S(=O)(=O)c3ccc(CNC(=O)c4cccc([N+](=O)[O-])c4)s3)CC2)c1.O=C(NCc1ccc(S(=O)(=O)N2CCC(Nc3ccc(O)c(C4CCCCC4)c3)CC2)s1)c1cccc([N+](=O)[O-])c1. The Balaban J connectivity index is 0.000000175. The number of phenols is 1. The smallest absolute Gasteiger partial charge is 0.270 e. The number of piperidine rings is 3. The summed E-state index contributed by atoms with van der Waals surface area (Å²) in [5.41, 5.74) is 4.89. The van der Waals surface area contributed by atoms with Gasteiger partial charge < -0.3 is 37.0 Å². The molecular formula is C81H95N13O18S7. The molecule has 4 aliphatic rings. The summed E-state index contributed by atoms with van der Waals surface area (Å²) < 4.78 is 112. The van der Waals surface area contributed by atoms with Gasteiger partial charge in [0.1, 0.15) is 18.4 Å². The van der Waals surface area contributed by atoms with E-state index in [0.29, 0.717) is 116 Å². The number of hydrogen-bond acceptors (Lipinski definition) is 24. The molecule has 9 aromatic rings. The Morgan fingerprint density at radius 1 is 0.437 bits per heavy atom. The van der Waals surface area contributed by atoms with Crippen LogP contribution in [0.5, 0.6) is 5.75 Å². The highest BCUT2D eigenvalue weighted by Crippen LogP contribution is 2.40. The quantitative estimate of drug-likeness (QED) is 0.00866. The second kappa shape index (κ2) is 41.2. The number of carbonyl (C=O) groups is 3. The van der Waals surface area contributed by atoms with Crippen molar-refractivity contribution in [2.75, 3.05) is 61.8 Å². The summed E-state index contributed by atoms with van der Waals surface area (Å²) in [6, 6.07) is 46.8. The molecule has 1 aliphatic carbocycles. The van der Waals surface area contributed by atoms with Crippen LogP contribution >= 0.6 is 34.0 Å². The summed E-state index contributed by atoms with van der Waals surface area (Å²) in [5.74, 6) is -0.693. The van der Waals surface area contributed by atoms with Crippen molar-refractivity contribution in [3.63, 3.8) is 0 Å². The number of phenolic OH excluding ortho intramolecular Hbond substituents is 1. The number of amides is 3. The highest BCUT2D eigenvalue weighted by Gasteiger charge is 2.35. The molecule has 634 valence electrons. The van der Waals surface area contributed by atoms with E-state index in [1.165, 1.54) is 117 Å². The first-order valence-corrected chi connectivity index (χ1v) is 47.4. The molecule has 119 heavy (non-hydrogen) atoms. The maximum absolute atomic E-state index is 13.3. The predicted octanol–water partition coefficient (Wildman–Crippen LogP) is 13.9. The number of non-ortho nitro benzene ring substituents is 3. The highest BCUT2D eigenvalue weighted by molar-refractivity contribution is 7.92. The van der Waals surface area contributed by atoms with Gasteiger partial charge in [-0.25, -0.2) is 38.4 Å². The Bertz CT molecular complexity index is 5560. The van der Waals surface area contributed by atoms with Crippen molar-refractivity contribution >= 4 is 126 Å². The number of aromatic hydroxyl groups is 1. The molecule has 6 aromatic carbocycles. The van der Waals surface area contributed by atoms with Gasteiger partial charge in [0.05, 0.1) is 39.3 Å². The third-order valence-electron chi connectivity index (χ3n) is 20.8. The Labute approximate surface area is 703 Å². The van der Waals surface area contributed by atoms with Crippen molar-refractivity contribution < 1.29 is 67.9 Å². The number of nitrogens with one attached hydrogen (secondary N) is 7. The Morgan fingerprint density at radius 2 is 0.807 bits per heavy atom. The van der Waals surface area contributed by atoms with Crippen LogP contribution in [0.25, 0.3) is 0 Å². The molecule has 3 saturated heterocycles. The number of benzene rings is 6. The summed E-state index contributed by atoms with van der Waals surface area (Å²) in [7, 11) is -14.6. The third kappa shape index (κ3) is 24.3. The molecule has 38 heteroatoms. The molecule has 6 heterocycles. The van der Waals surface area contributed by atoms with Gasteiger partial charge >= 0.3 is 0 Å². The molecule has 0 radical (unpaired) electrons. The standard InChI is InChI=1S/C29H34N4O6S2.C27H33N5O7S3.C25H28N4O5S2/c34-27-11-9-23(18-26(27)20-5-2-1-3-6-20)31-22-13-15-32(16-14-22)41(38,39)28-12-10-25(40-28)19-30-29(35)21-7-4-8-24(17-21)33(36)37;1-2-3-14-29-41(36,37)25-9-5-7-22(18-25)30-21-12-15-31(16-13-21)42(38,39)26-11-10-24(40-26)19-28-27(33)20-6-4-8-23(17-20)32(34)35;1-2-18-5-3-7-21(15-18)27-20-11-13-28(14-12-20)36(33,34)24-10-9-23(35-24)17-26-25(30)19-6-4-8-22(16-19)29(31)32/h4,7-12,17-18,20,22,31,34H,1-3,5-6,13-16,19H2,(H,30,35);4-11,17-18,21,29-30H,2-3,12-16,19H2,1H3,(H,28,33);3-10,15-16,20,27H,2,11-14,17H2,1H3,(H,26,30). The van der Waals surface area contributed by atoms with E-state index >= 15 is 0 Å². The minimum absolute atomic E-state index is 0.0228. The van der Waals surface area contributed by atoms with Crippen molar-refractivity contribution in [3.05, 3.63) is 249 Å². The van der Waals surface area contributed by atoms with Crippen LogP contribution in [0, 0.1) is 30.3 Å². The average molecular weight is 1760 g/mol. The van der Waals surface area contributed by atoms with Crippen LogP contribution in [-0.2, 0) is 66.1 Å². The predicted molar refractivity (Wildman–Crippen MR) is 458 cm³/mol. The lowest BCUT2D eigenvalue weighted by molar-refractivity contribution is -0.385. The molecular weight excluding hydrogens is 1670 g/mol. The van der Waals surface area contributed by atoms with Gasteiger partial charge in [0.25, 0.3) is 64.9 Å². The molecule has 3 aliphatic heterocycles. The fourth-order valence-electron chi connectivity index (χ4n) is 14.2. The number of thiophene rings is 3. The van der Waals surface area contributed by atoms with Crippen LogP contribution < -0.4 is 36.6 Å². The molecule has 31 nitrogen and oxygen atoms in total. The van der Waals surface area contributed by atoms with Gasteiger partial charge in [-0.1, -0.05) is 75.9 Å². The fraction of sp³-hybridized carbons (Fsp3) is 0.370. The minimum Gasteiger partial charge on any atom is -0.508 e. The van der Waals surface area contributed by atoms with E-state index < -0.39 is 72.6 Å². The number of anilines is 3. The second-order valence-corrected chi connectivity index (χ2v) is 40.8. The first-order chi connectivity index (χ1) is 56.9. The molecule has 0 atom stereocenters. The maximum Gasteiger partial charge on any atom is 0.270 e. The van der Waals surface area contributed by atoms with Crippen LogP contribution in [0.3, 0.4) is 0 Å². The lowest BCUT2D eigenvalue weighted by Gasteiger charge is -2.32. The van der Waals surface area contributed by atoms with Gasteiger partial charge in [-0.05, 0) is 184 Å².